The summed E-state index contributed by atoms with van der Waals surface area (Å²) in [6.45, 7) is 6.02. The number of unbranched alkanes of at least 4 members (excludes halogenated alkanes) is 7. The van der Waals surface area contributed by atoms with Crippen molar-refractivity contribution in [2.24, 2.45) is 0 Å². The second-order valence-electron chi connectivity index (χ2n) is 6.67. The number of ether oxygens (including phenoxy) is 5. The van der Waals surface area contributed by atoms with Crippen molar-refractivity contribution >= 4 is 0 Å². The van der Waals surface area contributed by atoms with Gasteiger partial charge in [0.15, 0.2) is 0 Å². The summed E-state index contributed by atoms with van der Waals surface area (Å²) in [4.78, 5) is 0. The van der Waals surface area contributed by atoms with E-state index < -0.39 is 12.8 Å². The molecule has 0 saturated carbocycles. The minimum Gasteiger partial charge on any atom is -0.379 e. The first kappa shape index (κ1) is 28.3. The predicted molar refractivity (Wildman–Crippen MR) is 107 cm³/mol. The molecule has 0 rings (SSSR count). The molecule has 0 amide bonds. The smallest absolute Gasteiger partial charge is 0.379 e. The van der Waals surface area contributed by atoms with E-state index in [-0.39, 0.29) is 13.2 Å². The molecule has 0 aliphatic rings. The lowest BCUT2D eigenvalue weighted by Crippen LogP contribution is -2.19. The molecule has 0 atom stereocenters. The zero-order valence-electron chi connectivity index (χ0n) is 17.7. The maximum Gasteiger partial charge on any atom is 0.411 e. The van der Waals surface area contributed by atoms with Gasteiger partial charge < -0.3 is 23.7 Å². The van der Waals surface area contributed by atoms with Gasteiger partial charge in [-0.2, -0.15) is 13.2 Å². The Morgan fingerprint density at radius 3 is 1.34 bits per heavy atom. The summed E-state index contributed by atoms with van der Waals surface area (Å²) in [6.07, 6.45) is 7.58. The van der Waals surface area contributed by atoms with E-state index in [4.69, 9.17) is 18.9 Å². The first-order chi connectivity index (χ1) is 14.1. The molecule has 174 valence electrons. The average molecular weight is 429 g/mol. The highest BCUT2D eigenvalue weighted by Gasteiger charge is 2.27. The quantitative estimate of drug-likeness (QED) is 0.170. The molecule has 0 heterocycles. The number of hydrogen-bond donors (Lipinski definition) is 0. The standard InChI is InChI=1S/C21H39F3O5/c1-2-3-4-5-6-7-8-9-10-11-25-12-13-26-14-15-27-16-17-28-18-19-29-20-21(22,23)24/h2H,1,3-20H2. The first-order valence-electron chi connectivity index (χ1n) is 10.6. The van der Waals surface area contributed by atoms with Crippen molar-refractivity contribution in [3.63, 3.8) is 0 Å². The lowest BCUT2D eigenvalue weighted by Gasteiger charge is -2.09. The summed E-state index contributed by atoms with van der Waals surface area (Å²) in [7, 11) is 0. The van der Waals surface area contributed by atoms with Crippen LogP contribution in [-0.2, 0) is 23.7 Å². The molecule has 0 unspecified atom stereocenters. The highest BCUT2D eigenvalue weighted by Crippen LogP contribution is 2.14. The fourth-order valence-electron chi connectivity index (χ4n) is 2.44. The van der Waals surface area contributed by atoms with Crippen LogP contribution in [0.4, 0.5) is 13.2 Å². The van der Waals surface area contributed by atoms with Crippen LogP contribution in [0, 0.1) is 0 Å². The van der Waals surface area contributed by atoms with Crippen molar-refractivity contribution in [2.45, 2.75) is 57.5 Å². The summed E-state index contributed by atoms with van der Waals surface area (Å²) in [5, 5.41) is 0. The molecule has 0 N–H and O–H groups in total. The number of halogens is 3. The van der Waals surface area contributed by atoms with Crippen LogP contribution >= 0.6 is 0 Å². The van der Waals surface area contributed by atoms with Crippen LogP contribution < -0.4 is 0 Å². The van der Waals surface area contributed by atoms with Gasteiger partial charge in [-0.15, -0.1) is 6.58 Å². The molecule has 0 aliphatic carbocycles. The Morgan fingerprint density at radius 1 is 0.517 bits per heavy atom. The van der Waals surface area contributed by atoms with Gasteiger partial charge in [-0.3, -0.25) is 0 Å². The minimum absolute atomic E-state index is 0.0846. The number of allylic oxidation sites excluding steroid dienone is 1. The van der Waals surface area contributed by atoms with E-state index in [2.05, 4.69) is 11.3 Å². The molecule has 0 aliphatic heterocycles. The SMILES string of the molecule is C=CCCCCCCCCCOCCOCCOCCOCCOCC(F)(F)F. The number of alkyl halides is 3. The molecule has 8 heteroatoms. The Hall–Kier alpha value is -0.670. The second kappa shape index (κ2) is 22.0. The van der Waals surface area contributed by atoms with E-state index >= 15 is 0 Å². The number of hydrogen-bond acceptors (Lipinski definition) is 5. The minimum atomic E-state index is -4.29. The molecule has 0 aromatic rings. The second-order valence-corrected chi connectivity index (χ2v) is 6.67. The van der Waals surface area contributed by atoms with Gasteiger partial charge in [-0.25, -0.2) is 0 Å². The normalized spacial score (nSPS) is 11.8. The molecule has 0 aromatic carbocycles. The van der Waals surface area contributed by atoms with Crippen LogP contribution in [0.3, 0.4) is 0 Å². The summed E-state index contributed by atoms with van der Waals surface area (Å²) in [5.74, 6) is 0. The molecule has 5 nitrogen and oxygen atoms in total. The molecule has 0 aromatic heterocycles. The van der Waals surface area contributed by atoms with Crippen molar-refractivity contribution in [3.8, 4) is 0 Å². The molecule has 0 radical (unpaired) electrons. The average Bonchev–Trinajstić information content (AvgIpc) is 2.67. The maximum atomic E-state index is 11.8. The summed E-state index contributed by atoms with van der Waals surface area (Å²) in [6, 6.07) is 0. The fourth-order valence-corrected chi connectivity index (χ4v) is 2.44. The largest absolute Gasteiger partial charge is 0.411 e. The third kappa shape index (κ3) is 27.3. The van der Waals surface area contributed by atoms with Gasteiger partial charge in [-0.1, -0.05) is 38.2 Å². The highest BCUT2D eigenvalue weighted by atomic mass is 19.4. The van der Waals surface area contributed by atoms with Gasteiger partial charge in [0.2, 0.25) is 0 Å². The molecule has 0 fully saturated rings. The molecule has 0 spiro atoms. The van der Waals surface area contributed by atoms with Crippen LogP contribution in [0.5, 0.6) is 0 Å². The summed E-state index contributed by atoms with van der Waals surface area (Å²) >= 11 is 0. The first-order valence-corrected chi connectivity index (χ1v) is 10.6. The van der Waals surface area contributed by atoms with Gasteiger partial charge >= 0.3 is 6.18 Å². The third-order valence-electron chi connectivity index (χ3n) is 3.95. The Labute approximate surface area is 173 Å². The van der Waals surface area contributed by atoms with Crippen molar-refractivity contribution in [1.82, 2.24) is 0 Å². The van der Waals surface area contributed by atoms with Gasteiger partial charge in [0.05, 0.1) is 52.9 Å². The third-order valence-corrected chi connectivity index (χ3v) is 3.95. The van der Waals surface area contributed by atoms with Crippen LogP contribution in [0.15, 0.2) is 12.7 Å². The molecular weight excluding hydrogens is 389 g/mol. The van der Waals surface area contributed by atoms with Crippen LogP contribution in [0.25, 0.3) is 0 Å². The number of rotatable bonds is 23. The molecule has 0 saturated heterocycles. The van der Waals surface area contributed by atoms with E-state index in [0.717, 1.165) is 19.4 Å². The predicted octanol–water partition coefficient (Wildman–Crippen LogP) is 4.94. The summed E-state index contributed by atoms with van der Waals surface area (Å²) < 4.78 is 61.1. The molecular formula is C21H39F3O5. The Bertz CT molecular complexity index is 341. The van der Waals surface area contributed by atoms with E-state index in [1.54, 1.807) is 0 Å². The topological polar surface area (TPSA) is 46.2 Å². The highest BCUT2D eigenvalue weighted by molar-refractivity contribution is 4.65. The zero-order valence-corrected chi connectivity index (χ0v) is 17.7. The zero-order chi connectivity index (χ0) is 21.5. The van der Waals surface area contributed by atoms with Gasteiger partial charge in [0.25, 0.3) is 0 Å². The fraction of sp³-hybridized carbons (Fsp3) is 0.905. The van der Waals surface area contributed by atoms with Crippen LogP contribution in [-0.4, -0.2) is 72.2 Å². The van der Waals surface area contributed by atoms with Crippen molar-refractivity contribution in [3.05, 3.63) is 12.7 Å². The van der Waals surface area contributed by atoms with Crippen molar-refractivity contribution < 1.29 is 36.9 Å². The van der Waals surface area contributed by atoms with Gasteiger partial charge in [0, 0.05) is 6.61 Å². The van der Waals surface area contributed by atoms with E-state index in [0.29, 0.717) is 39.6 Å². The molecule has 29 heavy (non-hydrogen) atoms. The lowest BCUT2D eigenvalue weighted by molar-refractivity contribution is -0.176. The van der Waals surface area contributed by atoms with Crippen molar-refractivity contribution in [1.29, 1.82) is 0 Å². The monoisotopic (exact) mass is 428 g/mol. The molecule has 0 bridgehead atoms. The Kier molecular flexibility index (Phi) is 21.5. The maximum absolute atomic E-state index is 11.8. The van der Waals surface area contributed by atoms with Gasteiger partial charge in [-0.05, 0) is 19.3 Å². The van der Waals surface area contributed by atoms with Crippen LogP contribution in [0.1, 0.15) is 51.4 Å². The van der Waals surface area contributed by atoms with E-state index in [9.17, 15) is 13.2 Å². The van der Waals surface area contributed by atoms with E-state index in [1.807, 2.05) is 6.08 Å². The van der Waals surface area contributed by atoms with Crippen molar-refractivity contribution in [2.75, 3.05) is 66.1 Å². The lowest BCUT2D eigenvalue weighted by atomic mass is 10.1. The van der Waals surface area contributed by atoms with Crippen LogP contribution in [0.2, 0.25) is 0 Å². The van der Waals surface area contributed by atoms with E-state index in [1.165, 1.54) is 38.5 Å². The Morgan fingerprint density at radius 2 is 0.897 bits per heavy atom. The Balaban J connectivity index is 3.02. The summed E-state index contributed by atoms with van der Waals surface area (Å²) in [5.41, 5.74) is 0. The van der Waals surface area contributed by atoms with Gasteiger partial charge in [0.1, 0.15) is 6.61 Å².